The van der Waals surface area contributed by atoms with Crippen LogP contribution in [0.4, 0.5) is 4.79 Å². The van der Waals surface area contributed by atoms with Crippen molar-refractivity contribution < 1.29 is 28.7 Å². The first kappa shape index (κ1) is 36.6. The Morgan fingerprint density at radius 2 is 1.56 bits per heavy atom. The summed E-state index contributed by atoms with van der Waals surface area (Å²) in [6.45, 7) is 16.0. The maximum atomic E-state index is 13.8. The largest absolute Gasteiger partial charge is 0.462 e. The van der Waals surface area contributed by atoms with Crippen LogP contribution in [0.1, 0.15) is 125 Å². The maximum absolute atomic E-state index is 13.8. The molecule has 48 heavy (non-hydrogen) atoms. The summed E-state index contributed by atoms with van der Waals surface area (Å²) in [6, 6.07) is 8.77. The molecule has 0 bridgehead atoms. The van der Waals surface area contributed by atoms with Crippen LogP contribution in [0.25, 0.3) is 0 Å². The Bertz CT molecular complexity index is 1330. The predicted molar refractivity (Wildman–Crippen MR) is 187 cm³/mol. The van der Waals surface area contributed by atoms with E-state index in [4.69, 9.17) is 9.47 Å². The van der Waals surface area contributed by atoms with Crippen molar-refractivity contribution in [2.75, 3.05) is 0 Å². The van der Waals surface area contributed by atoms with E-state index in [1.807, 2.05) is 44.2 Å². The summed E-state index contributed by atoms with van der Waals surface area (Å²) in [7, 11) is 0. The molecule has 4 aliphatic rings. The minimum Gasteiger partial charge on any atom is -0.462 e. The van der Waals surface area contributed by atoms with E-state index in [-0.39, 0.29) is 46.9 Å². The highest BCUT2D eigenvalue weighted by atomic mass is 16.6. The molecule has 7 nitrogen and oxygen atoms in total. The average molecular weight is 664 g/mol. The molecule has 5 rings (SSSR count). The lowest BCUT2D eigenvalue weighted by molar-refractivity contribution is -0.169. The van der Waals surface area contributed by atoms with Gasteiger partial charge in [-0.15, -0.1) is 0 Å². The molecule has 0 aromatic heterocycles. The topological polar surface area (TPSA) is 98.8 Å². The minimum absolute atomic E-state index is 0.00281. The van der Waals surface area contributed by atoms with Gasteiger partial charge in [0.2, 0.25) is 0 Å². The summed E-state index contributed by atoms with van der Waals surface area (Å²) in [4.78, 5) is 52.8. The van der Waals surface area contributed by atoms with Crippen molar-refractivity contribution in [1.82, 2.24) is 5.32 Å². The van der Waals surface area contributed by atoms with E-state index in [1.165, 1.54) is 19.3 Å². The van der Waals surface area contributed by atoms with Crippen LogP contribution in [-0.4, -0.2) is 41.4 Å². The van der Waals surface area contributed by atoms with Crippen molar-refractivity contribution in [2.24, 2.45) is 52.3 Å². The normalized spacial score (nSPS) is 34.2. The fourth-order valence-corrected chi connectivity index (χ4v) is 10.7. The first-order valence-electron chi connectivity index (χ1n) is 18.8. The van der Waals surface area contributed by atoms with E-state index < -0.39 is 23.7 Å². The van der Waals surface area contributed by atoms with Gasteiger partial charge in [-0.05, 0) is 138 Å². The molecule has 0 saturated heterocycles. The van der Waals surface area contributed by atoms with Gasteiger partial charge in [0.05, 0.1) is 12.0 Å². The molecule has 0 radical (unpaired) electrons. The Hall–Kier alpha value is -2.70. The first-order chi connectivity index (χ1) is 22.5. The summed E-state index contributed by atoms with van der Waals surface area (Å²) in [5, 5.41) is 2.79. The predicted octanol–water partition coefficient (Wildman–Crippen LogP) is 8.51. The Kier molecular flexibility index (Phi) is 10.9. The molecule has 10 atom stereocenters. The lowest BCUT2D eigenvalue weighted by atomic mass is 9.44. The third-order valence-electron chi connectivity index (χ3n) is 13.3. The van der Waals surface area contributed by atoms with Crippen molar-refractivity contribution in [2.45, 2.75) is 144 Å². The number of hydrogen-bond acceptors (Lipinski definition) is 6. The van der Waals surface area contributed by atoms with Gasteiger partial charge in [-0.2, -0.15) is 0 Å². The van der Waals surface area contributed by atoms with Crippen LogP contribution in [0, 0.1) is 52.3 Å². The molecule has 1 N–H and O–H groups in total. The highest BCUT2D eigenvalue weighted by Crippen LogP contribution is 2.67. The number of amides is 1. The molecule has 0 spiro atoms. The van der Waals surface area contributed by atoms with Crippen LogP contribution >= 0.6 is 0 Å². The molecule has 7 heteroatoms. The number of carbonyl (C=O) groups excluding carboxylic acids is 4. The number of Topliss-reactive ketones (excluding diaryl/α,β-unsaturated/α-hetero) is 2. The van der Waals surface area contributed by atoms with Crippen molar-refractivity contribution in [3.05, 3.63) is 35.9 Å². The van der Waals surface area contributed by atoms with Gasteiger partial charge in [-0.25, -0.2) is 4.79 Å². The third-order valence-corrected chi connectivity index (χ3v) is 13.3. The fourth-order valence-electron chi connectivity index (χ4n) is 10.7. The number of fused-ring (bicyclic) bond motifs is 5. The number of hydrogen-bond donors (Lipinski definition) is 1. The summed E-state index contributed by atoms with van der Waals surface area (Å²) in [5.74, 6) is 1.98. The molecule has 1 aromatic carbocycles. The second-order valence-electron chi connectivity index (χ2n) is 17.7. The molecular weight excluding hydrogens is 602 g/mol. The van der Waals surface area contributed by atoms with Gasteiger partial charge < -0.3 is 14.8 Å². The van der Waals surface area contributed by atoms with Crippen LogP contribution < -0.4 is 5.32 Å². The highest BCUT2D eigenvalue weighted by molar-refractivity contribution is 5.91. The Balaban J connectivity index is 1.22. The molecule has 6 unspecified atom stereocenters. The van der Waals surface area contributed by atoms with Gasteiger partial charge in [-0.3, -0.25) is 14.4 Å². The zero-order chi connectivity index (χ0) is 35.0. The molecule has 4 saturated carbocycles. The van der Waals surface area contributed by atoms with Crippen molar-refractivity contribution in [3.63, 3.8) is 0 Å². The second kappa shape index (κ2) is 14.3. The van der Waals surface area contributed by atoms with Gasteiger partial charge >= 0.3 is 12.1 Å². The molecule has 266 valence electrons. The standard InChI is InChI=1S/C41H61NO6/c1-25(2)31(24-36(44)35(22-27-12-10-9-11-13-27)42-38(46)48-39(4,5)6)37(45)47-29-18-20-40(7)28(23-29)14-15-30-33-17-16-32(26(3)43)41(33,8)21-19-34(30)40/h9-13,25,28-35H,14-24H2,1-8H3,(H,42,46)/t28?,29?,30-,31?,32+,33?,34?,35?,40-,41+/m0/s1. The summed E-state index contributed by atoms with van der Waals surface area (Å²) >= 11 is 0. The summed E-state index contributed by atoms with van der Waals surface area (Å²) in [6.07, 6.45) is 9.33. The second-order valence-corrected chi connectivity index (χ2v) is 17.7. The molecule has 4 fully saturated rings. The van der Waals surface area contributed by atoms with E-state index in [2.05, 4.69) is 19.2 Å². The monoisotopic (exact) mass is 663 g/mol. The SMILES string of the molecule is CC(=O)[C@H]1CCC2[C@@H]3CCC4CC(OC(=O)C(CC(=O)C(Cc5ccccc5)NC(=O)OC(C)(C)C)C(C)C)CC[C@]4(C)C3CC[C@@]21C. The smallest absolute Gasteiger partial charge is 0.408 e. The number of alkyl carbamates (subject to hydrolysis) is 1. The van der Waals surface area contributed by atoms with Gasteiger partial charge in [0.25, 0.3) is 0 Å². The quantitative estimate of drug-likeness (QED) is 0.252. The number of benzene rings is 1. The molecule has 0 heterocycles. The number of carbonyl (C=O) groups is 4. The Labute approximate surface area is 289 Å². The lowest BCUT2D eigenvalue weighted by Crippen LogP contribution is -2.54. The van der Waals surface area contributed by atoms with E-state index in [0.29, 0.717) is 35.9 Å². The summed E-state index contributed by atoms with van der Waals surface area (Å²) in [5.41, 5.74) is 0.628. The average Bonchev–Trinajstić information content (AvgIpc) is 3.36. The van der Waals surface area contributed by atoms with Gasteiger partial charge in [-0.1, -0.05) is 58.0 Å². The summed E-state index contributed by atoms with van der Waals surface area (Å²) < 4.78 is 11.7. The number of ketones is 2. The molecule has 1 aromatic rings. The number of ether oxygens (including phenoxy) is 2. The fraction of sp³-hybridized carbons (Fsp3) is 0.756. The third kappa shape index (κ3) is 7.70. The molecular formula is C41H61NO6. The lowest BCUT2D eigenvalue weighted by Gasteiger charge is -2.61. The molecule has 1 amide bonds. The zero-order valence-electron chi connectivity index (χ0n) is 30.8. The molecule has 0 aliphatic heterocycles. The maximum Gasteiger partial charge on any atom is 0.408 e. The number of nitrogens with one attached hydrogen (secondary N) is 1. The van der Waals surface area contributed by atoms with Gasteiger partial charge in [0.15, 0.2) is 5.78 Å². The van der Waals surface area contributed by atoms with Crippen molar-refractivity contribution >= 4 is 23.6 Å². The van der Waals surface area contributed by atoms with Crippen LogP contribution in [0.5, 0.6) is 0 Å². The van der Waals surface area contributed by atoms with Crippen molar-refractivity contribution in [3.8, 4) is 0 Å². The van der Waals surface area contributed by atoms with E-state index in [9.17, 15) is 19.2 Å². The van der Waals surface area contributed by atoms with E-state index in [0.717, 1.165) is 44.1 Å². The van der Waals surface area contributed by atoms with Crippen LogP contribution in [0.3, 0.4) is 0 Å². The first-order valence-corrected chi connectivity index (χ1v) is 18.8. The van der Waals surface area contributed by atoms with Gasteiger partial charge in [0.1, 0.15) is 17.5 Å². The Morgan fingerprint density at radius 3 is 2.21 bits per heavy atom. The zero-order valence-corrected chi connectivity index (χ0v) is 30.8. The number of rotatable bonds is 10. The highest BCUT2D eigenvalue weighted by Gasteiger charge is 2.61. The number of esters is 1. The van der Waals surface area contributed by atoms with Crippen LogP contribution in [0.15, 0.2) is 30.3 Å². The van der Waals surface area contributed by atoms with Gasteiger partial charge in [0, 0.05) is 12.3 Å². The Morgan fingerprint density at radius 1 is 0.896 bits per heavy atom. The van der Waals surface area contributed by atoms with Crippen LogP contribution in [0.2, 0.25) is 0 Å². The minimum atomic E-state index is -0.815. The molecule has 4 aliphatic carbocycles. The van der Waals surface area contributed by atoms with E-state index >= 15 is 0 Å². The van der Waals surface area contributed by atoms with E-state index in [1.54, 1.807) is 27.7 Å². The van der Waals surface area contributed by atoms with Crippen LogP contribution in [-0.2, 0) is 30.3 Å². The van der Waals surface area contributed by atoms with Crippen molar-refractivity contribution in [1.29, 1.82) is 0 Å².